The standard InChI is InChI=1S/C16H30N2O3/c1-5-21-14-10-13(16(14,2)3)17-12-6-8-18(9-7-12)15(19)11-20-4/h12-14,17H,5-11H2,1-4H3. The first-order valence-corrected chi connectivity index (χ1v) is 8.13. The Hall–Kier alpha value is -0.650. The second kappa shape index (κ2) is 7.07. The number of ether oxygens (including phenoxy) is 2. The molecule has 5 heteroatoms. The van der Waals surface area contributed by atoms with Gasteiger partial charge in [0.15, 0.2) is 0 Å². The van der Waals surface area contributed by atoms with Gasteiger partial charge in [-0.1, -0.05) is 13.8 Å². The molecule has 2 unspecified atom stereocenters. The van der Waals surface area contributed by atoms with Gasteiger partial charge in [0.25, 0.3) is 0 Å². The van der Waals surface area contributed by atoms with Crippen molar-refractivity contribution in [2.75, 3.05) is 33.4 Å². The third kappa shape index (κ3) is 3.76. The summed E-state index contributed by atoms with van der Waals surface area (Å²) in [6.45, 7) is 9.29. The van der Waals surface area contributed by atoms with Crippen molar-refractivity contribution in [1.82, 2.24) is 10.2 Å². The fraction of sp³-hybridized carbons (Fsp3) is 0.938. The smallest absolute Gasteiger partial charge is 0.248 e. The topological polar surface area (TPSA) is 50.8 Å². The minimum atomic E-state index is 0.108. The van der Waals surface area contributed by atoms with Crippen LogP contribution >= 0.6 is 0 Å². The Labute approximate surface area is 128 Å². The summed E-state index contributed by atoms with van der Waals surface area (Å²) in [7, 11) is 1.57. The number of amides is 1. The van der Waals surface area contributed by atoms with E-state index in [-0.39, 0.29) is 17.9 Å². The average molecular weight is 298 g/mol. The molecule has 5 nitrogen and oxygen atoms in total. The maximum Gasteiger partial charge on any atom is 0.248 e. The average Bonchev–Trinajstić information content (AvgIpc) is 2.47. The van der Waals surface area contributed by atoms with Gasteiger partial charge in [0, 0.05) is 44.3 Å². The maximum atomic E-state index is 11.8. The molecule has 0 bridgehead atoms. The Bertz CT molecular complexity index is 351. The third-order valence-electron chi connectivity index (χ3n) is 5.10. The van der Waals surface area contributed by atoms with Crippen molar-refractivity contribution in [3.63, 3.8) is 0 Å². The number of carbonyl (C=O) groups is 1. The van der Waals surface area contributed by atoms with Crippen LogP contribution < -0.4 is 5.32 Å². The Morgan fingerprint density at radius 1 is 1.33 bits per heavy atom. The van der Waals surface area contributed by atoms with E-state index in [1.807, 2.05) is 4.90 Å². The minimum Gasteiger partial charge on any atom is -0.378 e. The zero-order valence-electron chi connectivity index (χ0n) is 13.9. The van der Waals surface area contributed by atoms with E-state index in [0.717, 1.165) is 39.0 Å². The lowest BCUT2D eigenvalue weighted by molar-refractivity contribution is -0.137. The van der Waals surface area contributed by atoms with Crippen molar-refractivity contribution in [2.45, 2.75) is 58.2 Å². The predicted molar refractivity (Wildman–Crippen MR) is 82.2 cm³/mol. The fourth-order valence-corrected chi connectivity index (χ4v) is 3.45. The van der Waals surface area contributed by atoms with E-state index in [4.69, 9.17) is 9.47 Å². The maximum absolute atomic E-state index is 11.8. The lowest BCUT2D eigenvalue weighted by atomic mass is 9.64. The molecule has 1 amide bonds. The SMILES string of the molecule is CCOC1CC(NC2CCN(C(=O)COC)CC2)C1(C)C. The summed E-state index contributed by atoms with van der Waals surface area (Å²) in [4.78, 5) is 13.7. The molecule has 2 aliphatic rings. The predicted octanol–water partition coefficient (Wildman–Crippen LogP) is 1.42. The van der Waals surface area contributed by atoms with Crippen molar-refractivity contribution < 1.29 is 14.3 Å². The van der Waals surface area contributed by atoms with Crippen LogP contribution in [0.25, 0.3) is 0 Å². The van der Waals surface area contributed by atoms with Crippen LogP contribution in [0.3, 0.4) is 0 Å². The van der Waals surface area contributed by atoms with Crippen LogP contribution in [0.1, 0.15) is 40.0 Å². The summed E-state index contributed by atoms with van der Waals surface area (Å²) in [5.41, 5.74) is 0.207. The molecule has 0 spiro atoms. The molecule has 1 N–H and O–H groups in total. The Morgan fingerprint density at radius 2 is 2.00 bits per heavy atom. The van der Waals surface area contributed by atoms with Crippen LogP contribution in [0.4, 0.5) is 0 Å². The lowest BCUT2D eigenvalue weighted by Gasteiger charge is -2.53. The van der Waals surface area contributed by atoms with E-state index < -0.39 is 0 Å². The normalized spacial score (nSPS) is 29.2. The van der Waals surface area contributed by atoms with Crippen molar-refractivity contribution in [3.8, 4) is 0 Å². The summed E-state index contributed by atoms with van der Waals surface area (Å²) < 4.78 is 10.7. The van der Waals surface area contributed by atoms with Crippen LogP contribution in [0.2, 0.25) is 0 Å². The molecule has 2 rings (SSSR count). The molecule has 2 fully saturated rings. The van der Waals surface area contributed by atoms with Gasteiger partial charge < -0.3 is 19.7 Å². The first-order valence-electron chi connectivity index (χ1n) is 8.13. The number of nitrogens with zero attached hydrogens (tertiary/aromatic N) is 1. The number of piperidine rings is 1. The van der Waals surface area contributed by atoms with Crippen LogP contribution in [0.15, 0.2) is 0 Å². The second-order valence-electron chi connectivity index (χ2n) is 6.81. The zero-order valence-corrected chi connectivity index (χ0v) is 13.9. The third-order valence-corrected chi connectivity index (χ3v) is 5.10. The number of rotatable bonds is 6. The molecule has 1 saturated carbocycles. The molecule has 0 radical (unpaired) electrons. The number of likely N-dealkylation sites (tertiary alicyclic amines) is 1. The van der Waals surface area contributed by atoms with Crippen LogP contribution in [0, 0.1) is 5.41 Å². The van der Waals surface area contributed by atoms with E-state index in [1.54, 1.807) is 7.11 Å². The molecule has 1 heterocycles. The summed E-state index contributed by atoms with van der Waals surface area (Å²) in [6, 6.07) is 1.05. The number of methoxy groups -OCH3 is 1. The zero-order chi connectivity index (χ0) is 15.5. The monoisotopic (exact) mass is 298 g/mol. The fourth-order valence-electron chi connectivity index (χ4n) is 3.45. The Morgan fingerprint density at radius 3 is 2.52 bits per heavy atom. The Kier molecular flexibility index (Phi) is 5.63. The minimum absolute atomic E-state index is 0.108. The van der Waals surface area contributed by atoms with Gasteiger partial charge in [0.2, 0.25) is 5.91 Å². The van der Waals surface area contributed by atoms with Crippen LogP contribution in [-0.2, 0) is 14.3 Å². The molecule has 1 saturated heterocycles. The lowest BCUT2D eigenvalue weighted by Crippen LogP contribution is -2.63. The van der Waals surface area contributed by atoms with E-state index in [9.17, 15) is 4.79 Å². The van der Waals surface area contributed by atoms with Gasteiger partial charge in [-0.3, -0.25) is 4.79 Å². The highest BCUT2D eigenvalue weighted by atomic mass is 16.5. The molecular formula is C16H30N2O3. The molecule has 0 aromatic rings. The number of hydrogen-bond acceptors (Lipinski definition) is 4. The quantitative estimate of drug-likeness (QED) is 0.806. The van der Waals surface area contributed by atoms with E-state index in [0.29, 0.717) is 18.2 Å². The van der Waals surface area contributed by atoms with Crippen molar-refractivity contribution in [1.29, 1.82) is 0 Å². The summed E-state index contributed by atoms with van der Waals surface area (Å²) in [5, 5.41) is 3.78. The molecule has 0 aromatic heterocycles. The van der Waals surface area contributed by atoms with E-state index in [1.165, 1.54) is 0 Å². The van der Waals surface area contributed by atoms with Gasteiger partial charge in [-0.25, -0.2) is 0 Å². The van der Waals surface area contributed by atoms with Crippen LogP contribution in [-0.4, -0.2) is 62.4 Å². The van der Waals surface area contributed by atoms with E-state index >= 15 is 0 Å². The highest BCUT2D eigenvalue weighted by molar-refractivity contribution is 5.77. The van der Waals surface area contributed by atoms with Gasteiger partial charge >= 0.3 is 0 Å². The number of hydrogen-bond donors (Lipinski definition) is 1. The molecule has 1 aliphatic heterocycles. The van der Waals surface area contributed by atoms with Gasteiger partial charge in [0.05, 0.1) is 6.10 Å². The highest BCUT2D eigenvalue weighted by Crippen LogP contribution is 2.43. The summed E-state index contributed by atoms with van der Waals surface area (Å²) in [5.74, 6) is 0.108. The molecular weight excluding hydrogens is 268 g/mol. The van der Waals surface area contributed by atoms with Gasteiger partial charge in [-0.2, -0.15) is 0 Å². The Balaban J connectivity index is 1.73. The molecule has 122 valence electrons. The van der Waals surface area contributed by atoms with Crippen LogP contribution in [0.5, 0.6) is 0 Å². The van der Waals surface area contributed by atoms with Crippen molar-refractivity contribution in [3.05, 3.63) is 0 Å². The number of carbonyl (C=O) groups excluding carboxylic acids is 1. The first-order chi connectivity index (χ1) is 9.98. The molecule has 0 aromatic carbocycles. The largest absolute Gasteiger partial charge is 0.378 e. The molecule has 21 heavy (non-hydrogen) atoms. The van der Waals surface area contributed by atoms with E-state index in [2.05, 4.69) is 26.1 Å². The summed E-state index contributed by atoms with van der Waals surface area (Å²) >= 11 is 0. The second-order valence-corrected chi connectivity index (χ2v) is 6.81. The van der Waals surface area contributed by atoms with Gasteiger partial charge in [0.1, 0.15) is 6.61 Å². The van der Waals surface area contributed by atoms with Crippen molar-refractivity contribution >= 4 is 5.91 Å². The molecule has 2 atom stereocenters. The van der Waals surface area contributed by atoms with Gasteiger partial charge in [-0.05, 0) is 26.2 Å². The van der Waals surface area contributed by atoms with Crippen molar-refractivity contribution in [2.24, 2.45) is 5.41 Å². The highest BCUT2D eigenvalue weighted by Gasteiger charge is 2.49. The molecule has 1 aliphatic carbocycles. The summed E-state index contributed by atoms with van der Waals surface area (Å²) in [6.07, 6.45) is 3.54. The number of nitrogens with one attached hydrogen (secondary N) is 1. The van der Waals surface area contributed by atoms with Gasteiger partial charge in [-0.15, -0.1) is 0 Å². The first kappa shape index (κ1) is 16.7.